The number of aliphatic carboxylic acids is 1. The number of nitrogens with one attached hydrogen (secondary N) is 10. The summed E-state index contributed by atoms with van der Waals surface area (Å²) in [7, 11) is 0. The van der Waals surface area contributed by atoms with Gasteiger partial charge in [0.05, 0.1) is 54.1 Å². The van der Waals surface area contributed by atoms with Crippen LogP contribution >= 0.6 is 0 Å². The monoisotopic (exact) mass is 722 g/mol. The molecule has 4 aromatic rings. The summed E-state index contributed by atoms with van der Waals surface area (Å²) < 4.78 is 0. The Morgan fingerprint density at radius 1 is 0.635 bits per heavy atom. The van der Waals surface area contributed by atoms with Gasteiger partial charge in [-0.25, -0.2) is 24.7 Å². The minimum atomic E-state index is -1.38. The van der Waals surface area contributed by atoms with E-state index in [9.17, 15) is 29.1 Å². The highest BCUT2D eigenvalue weighted by atomic mass is 16.4. The third-order valence-corrected chi connectivity index (χ3v) is 7.72. The van der Waals surface area contributed by atoms with E-state index in [0.29, 0.717) is 22.8 Å². The fourth-order valence-electron chi connectivity index (χ4n) is 5.07. The van der Waals surface area contributed by atoms with Crippen LogP contribution in [0.25, 0.3) is 0 Å². The Balaban J connectivity index is 1.52. The number of nitrogens with two attached hydrogens (primary N) is 2. The van der Waals surface area contributed by atoms with Crippen molar-refractivity contribution >= 4 is 35.6 Å². The van der Waals surface area contributed by atoms with Crippen molar-refractivity contribution in [2.24, 2.45) is 11.5 Å². The van der Waals surface area contributed by atoms with Gasteiger partial charge in [0.1, 0.15) is 24.2 Å². The summed E-state index contributed by atoms with van der Waals surface area (Å²) in [6.07, 6.45) is 11.7. The van der Waals surface area contributed by atoms with E-state index >= 15 is 0 Å². The number of hydrogen-bond acceptors (Lipinski definition) is 11. The lowest BCUT2D eigenvalue weighted by molar-refractivity contribution is -0.142. The summed E-state index contributed by atoms with van der Waals surface area (Å²) >= 11 is 0. The number of aromatic amines is 4. The summed E-state index contributed by atoms with van der Waals surface area (Å²) in [5.74, 6) is -4.62. The standard InChI is InChI=1S/C30H42N16O6/c31-20(4-16-8-34-12-39-16)25(47)44-22(5-17-9-35-13-40-17)27(49)43-21(2-1-3-38-30(32)33)26(48)45-23(6-18-10-36-14-41-18)28(50)46-24(29(51)52)7-19-11-37-15-42-19/h8-15,20-24H,1-7,31H2,(H,34,39)(H,35,40)(H,36,41)(H,37,42)(H,43,49)(H,44,47)(H,45,48)(H,46,50)(H,51,52)(H4,32,33,38)/t20-,21-,22-,23-,24-/m0/s1. The van der Waals surface area contributed by atoms with Gasteiger partial charge >= 0.3 is 5.97 Å². The Bertz CT molecular complexity index is 1730. The van der Waals surface area contributed by atoms with Gasteiger partial charge in [0.2, 0.25) is 23.6 Å². The first-order valence-electron chi connectivity index (χ1n) is 16.2. The Labute approximate surface area is 296 Å². The number of hydrogen-bond donors (Lipinski definition) is 13. The zero-order valence-corrected chi connectivity index (χ0v) is 27.9. The van der Waals surface area contributed by atoms with Gasteiger partial charge in [0.15, 0.2) is 5.96 Å². The van der Waals surface area contributed by atoms with Gasteiger partial charge in [-0.05, 0) is 12.8 Å². The quantitative estimate of drug-likeness (QED) is 0.0225. The zero-order chi connectivity index (χ0) is 37.5. The van der Waals surface area contributed by atoms with Gasteiger partial charge in [-0.1, -0.05) is 0 Å². The Morgan fingerprint density at radius 3 is 1.44 bits per heavy atom. The molecule has 0 aliphatic heterocycles. The normalized spacial score (nSPS) is 13.9. The van der Waals surface area contributed by atoms with E-state index in [2.05, 4.69) is 66.5 Å². The van der Waals surface area contributed by atoms with Crippen LogP contribution in [0, 0.1) is 5.41 Å². The molecule has 52 heavy (non-hydrogen) atoms. The molecule has 0 unspecified atom stereocenters. The van der Waals surface area contributed by atoms with Crippen LogP contribution in [0.5, 0.6) is 0 Å². The highest BCUT2D eigenvalue weighted by Gasteiger charge is 2.33. The van der Waals surface area contributed by atoms with Gasteiger partial charge in [0.25, 0.3) is 0 Å². The number of guanidine groups is 1. The van der Waals surface area contributed by atoms with Gasteiger partial charge < -0.3 is 63.1 Å². The lowest BCUT2D eigenvalue weighted by atomic mass is 10.0. The molecule has 4 aromatic heterocycles. The molecule has 15 N–H and O–H groups in total. The molecule has 0 saturated carbocycles. The molecule has 4 rings (SSSR count). The van der Waals surface area contributed by atoms with Crippen LogP contribution in [-0.2, 0) is 49.7 Å². The molecule has 22 heteroatoms. The molecule has 4 heterocycles. The number of nitrogens with zero attached hydrogens (tertiary/aromatic N) is 4. The van der Waals surface area contributed by atoms with Crippen LogP contribution in [0.15, 0.2) is 50.1 Å². The molecule has 0 fully saturated rings. The van der Waals surface area contributed by atoms with Crippen molar-refractivity contribution in [3.63, 3.8) is 0 Å². The lowest BCUT2D eigenvalue weighted by Crippen LogP contribution is -2.59. The molecule has 0 bridgehead atoms. The largest absolute Gasteiger partial charge is 0.480 e. The van der Waals surface area contributed by atoms with E-state index in [1.54, 1.807) is 12.4 Å². The number of H-pyrrole nitrogens is 4. The smallest absolute Gasteiger partial charge is 0.326 e. The number of carbonyl (C=O) groups is 5. The van der Waals surface area contributed by atoms with Crippen molar-refractivity contribution in [3.05, 3.63) is 72.9 Å². The molecule has 0 spiro atoms. The van der Waals surface area contributed by atoms with Crippen molar-refractivity contribution in [1.82, 2.24) is 66.5 Å². The second-order valence-electron chi connectivity index (χ2n) is 11.7. The second kappa shape index (κ2) is 19.0. The van der Waals surface area contributed by atoms with E-state index in [1.807, 2.05) is 0 Å². The second-order valence-corrected chi connectivity index (χ2v) is 11.7. The summed E-state index contributed by atoms with van der Waals surface area (Å²) in [5.41, 5.74) is 13.3. The van der Waals surface area contributed by atoms with Gasteiger partial charge in [-0.15, -0.1) is 0 Å². The molecule has 0 radical (unpaired) electrons. The number of carboxylic acids is 1. The fourth-order valence-corrected chi connectivity index (χ4v) is 5.07. The van der Waals surface area contributed by atoms with Gasteiger partial charge in [0, 0.05) is 57.0 Å². The highest BCUT2D eigenvalue weighted by molar-refractivity contribution is 5.95. The van der Waals surface area contributed by atoms with E-state index in [0.717, 1.165) is 0 Å². The molecule has 0 saturated heterocycles. The molecule has 4 amide bonds. The fraction of sp³-hybridized carbons (Fsp3) is 0.400. The molecule has 22 nitrogen and oxygen atoms in total. The van der Waals surface area contributed by atoms with Gasteiger partial charge in [-0.3, -0.25) is 24.6 Å². The average molecular weight is 723 g/mol. The first kappa shape index (κ1) is 38.2. The number of imidazole rings is 4. The molecule has 5 atom stereocenters. The highest BCUT2D eigenvalue weighted by Crippen LogP contribution is 2.08. The van der Waals surface area contributed by atoms with Gasteiger partial charge in [-0.2, -0.15) is 0 Å². The maximum absolute atomic E-state index is 13.9. The molecule has 0 aliphatic rings. The third-order valence-electron chi connectivity index (χ3n) is 7.72. The number of aromatic nitrogens is 8. The van der Waals surface area contributed by atoms with E-state index in [-0.39, 0.29) is 51.0 Å². The molecular weight excluding hydrogens is 680 g/mol. The van der Waals surface area contributed by atoms with Crippen molar-refractivity contribution in [1.29, 1.82) is 5.41 Å². The summed E-state index contributed by atoms with van der Waals surface area (Å²) in [6, 6.07) is -6.27. The molecule has 0 aliphatic carbocycles. The van der Waals surface area contributed by atoms with Crippen molar-refractivity contribution in [2.45, 2.75) is 68.7 Å². The lowest BCUT2D eigenvalue weighted by Gasteiger charge is -2.26. The zero-order valence-electron chi connectivity index (χ0n) is 27.9. The van der Waals surface area contributed by atoms with Crippen LogP contribution in [-0.4, -0.2) is 117 Å². The minimum Gasteiger partial charge on any atom is -0.480 e. The predicted molar refractivity (Wildman–Crippen MR) is 182 cm³/mol. The number of rotatable bonds is 21. The first-order chi connectivity index (χ1) is 25.0. The average Bonchev–Trinajstić information content (AvgIpc) is 3.94. The van der Waals surface area contributed by atoms with E-state index in [4.69, 9.17) is 16.9 Å². The Morgan fingerprint density at radius 2 is 1.02 bits per heavy atom. The van der Waals surface area contributed by atoms with Crippen LogP contribution in [0.1, 0.15) is 35.6 Å². The maximum atomic E-state index is 13.9. The Hall–Kier alpha value is -6.58. The van der Waals surface area contributed by atoms with Crippen LogP contribution in [0.3, 0.4) is 0 Å². The minimum absolute atomic E-state index is 0.00719. The predicted octanol–water partition coefficient (Wildman–Crippen LogP) is -3.54. The van der Waals surface area contributed by atoms with E-state index in [1.165, 1.54) is 37.7 Å². The summed E-state index contributed by atoms with van der Waals surface area (Å²) in [5, 5.41) is 30.2. The molecule has 278 valence electrons. The van der Waals surface area contributed by atoms with Crippen LogP contribution in [0.2, 0.25) is 0 Å². The topological polar surface area (TPSA) is 356 Å². The first-order valence-corrected chi connectivity index (χ1v) is 16.2. The van der Waals surface area contributed by atoms with Crippen LogP contribution < -0.4 is 38.1 Å². The Kier molecular flexibility index (Phi) is 14.0. The number of carboxylic acid groups (broad SMARTS) is 1. The molecular formula is C30H42N16O6. The third kappa shape index (κ3) is 12.1. The molecule has 0 aromatic carbocycles. The van der Waals surface area contributed by atoms with Crippen molar-refractivity contribution in [2.75, 3.05) is 6.54 Å². The number of carbonyl (C=O) groups excluding carboxylic acids is 4. The van der Waals surface area contributed by atoms with Crippen LogP contribution in [0.4, 0.5) is 0 Å². The van der Waals surface area contributed by atoms with E-state index < -0.39 is 59.8 Å². The van der Waals surface area contributed by atoms with Crippen molar-refractivity contribution < 1.29 is 29.1 Å². The summed E-state index contributed by atoms with van der Waals surface area (Å²) in [4.78, 5) is 93.8. The SMILES string of the molecule is N=C(N)NCCC[C@H](NC(=O)[C@H](Cc1c[nH]cn1)NC(=O)[C@@H](N)Cc1c[nH]cn1)C(=O)N[C@@H](Cc1c[nH]cn1)C(=O)N[C@@H](Cc1c[nH]cn1)C(=O)O. The van der Waals surface area contributed by atoms with Crippen molar-refractivity contribution in [3.8, 4) is 0 Å². The number of amides is 4. The maximum Gasteiger partial charge on any atom is 0.326 e. The summed E-state index contributed by atoms with van der Waals surface area (Å²) in [6.45, 7) is 0.176.